The van der Waals surface area contributed by atoms with Crippen molar-refractivity contribution in [3.05, 3.63) is 70.2 Å². The predicted molar refractivity (Wildman–Crippen MR) is 123 cm³/mol. The summed E-state index contributed by atoms with van der Waals surface area (Å²) >= 11 is 0. The number of likely N-dealkylation sites (tertiary alicyclic amines) is 1. The summed E-state index contributed by atoms with van der Waals surface area (Å²) in [5.41, 5.74) is 4.70. The Bertz CT molecular complexity index is 1190. The zero-order chi connectivity index (χ0) is 23.1. The van der Waals surface area contributed by atoms with E-state index in [1.807, 2.05) is 37.9 Å². The standard InChI is InChI=1S/C25H29FN6O/c1-16-20-6-4-12-31(15-18-8-10-19(26)11-9-18)24(20)29-23(28-16)22-7-5-13-32(22)25(33)21-14-27-30(3)17(21)2/h8-11,14,22H,4-7,12-13,15H2,1-3H3/t22-/m1/s1. The number of carbonyl (C=O) groups excluding carboxylic acids is 1. The summed E-state index contributed by atoms with van der Waals surface area (Å²) in [4.78, 5) is 27.4. The van der Waals surface area contributed by atoms with Gasteiger partial charge in [-0.15, -0.1) is 0 Å². The summed E-state index contributed by atoms with van der Waals surface area (Å²) in [5.74, 6) is 1.42. The van der Waals surface area contributed by atoms with Gasteiger partial charge in [0.2, 0.25) is 0 Å². The van der Waals surface area contributed by atoms with Crippen LogP contribution >= 0.6 is 0 Å². The molecular weight excluding hydrogens is 419 g/mol. The summed E-state index contributed by atoms with van der Waals surface area (Å²) in [6.07, 6.45) is 5.40. The molecule has 8 heteroatoms. The van der Waals surface area contributed by atoms with Gasteiger partial charge in [-0.3, -0.25) is 9.48 Å². The molecule has 172 valence electrons. The molecule has 33 heavy (non-hydrogen) atoms. The Morgan fingerprint density at radius 3 is 2.64 bits per heavy atom. The molecule has 1 fully saturated rings. The second-order valence-electron chi connectivity index (χ2n) is 9.04. The van der Waals surface area contributed by atoms with Gasteiger partial charge in [-0.05, 0) is 57.2 Å². The van der Waals surface area contributed by atoms with Gasteiger partial charge in [-0.25, -0.2) is 14.4 Å². The number of nitrogens with zero attached hydrogens (tertiary/aromatic N) is 6. The van der Waals surface area contributed by atoms with Gasteiger partial charge >= 0.3 is 0 Å². The van der Waals surface area contributed by atoms with Crippen molar-refractivity contribution in [3.8, 4) is 0 Å². The Morgan fingerprint density at radius 2 is 1.91 bits per heavy atom. The summed E-state index contributed by atoms with van der Waals surface area (Å²) in [5, 5.41) is 4.24. The smallest absolute Gasteiger partial charge is 0.257 e. The van der Waals surface area contributed by atoms with Crippen LogP contribution in [0.5, 0.6) is 0 Å². The van der Waals surface area contributed by atoms with Crippen molar-refractivity contribution < 1.29 is 9.18 Å². The zero-order valence-electron chi connectivity index (χ0n) is 19.4. The average molecular weight is 449 g/mol. The van der Waals surface area contributed by atoms with Crippen LogP contribution in [0.4, 0.5) is 10.2 Å². The molecule has 1 amide bonds. The van der Waals surface area contributed by atoms with Crippen LogP contribution in [-0.4, -0.2) is 43.6 Å². The summed E-state index contributed by atoms with van der Waals surface area (Å²) in [6, 6.07) is 6.51. The van der Waals surface area contributed by atoms with Crippen LogP contribution < -0.4 is 4.90 Å². The lowest BCUT2D eigenvalue weighted by Gasteiger charge is -2.32. The molecule has 2 aliphatic rings. The van der Waals surface area contributed by atoms with Crippen LogP contribution in [0.1, 0.15) is 64.0 Å². The predicted octanol–water partition coefficient (Wildman–Crippen LogP) is 3.90. The fourth-order valence-electron chi connectivity index (χ4n) is 4.96. The molecule has 1 atom stereocenters. The monoisotopic (exact) mass is 448 g/mol. The molecule has 7 nitrogen and oxygen atoms in total. The van der Waals surface area contributed by atoms with E-state index in [0.29, 0.717) is 24.5 Å². The highest BCUT2D eigenvalue weighted by molar-refractivity contribution is 5.95. The third kappa shape index (κ3) is 3.98. The second-order valence-corrected chi connectivity index (χ2v) is 9.04. The molecule has 0 N–H and O–H groups in total. The summed E-state index contributed by atoms with van der Waals surface area (Å²) < 4.78 is 15.1. The van der Waals surface area contributed by atoms with Crippen molar-refractivity contribution in [3.63, 3.8) is 0 Å². The molecule has 4 heterocycles. The molecule has 0 unspecified atom stereocenters. The van der Waals surface area contributed by atoms with Crippen molar-refractivity contribution in [2.75, 3.05) is 18.0 Å². The molecule has 5 rings (SSSR count). The molecule has 1 saturated heterocycles. The lowest BCUT2D eigenvalue weighted by Crippen LogP contribution is -2.34. The minimum Gasteiger partial charge on any atom is -0.352 e. The van der Waals surface area contributed by atoms with E-state index in [4.69, 9.17) is 9.97 Å². The Balaban J connectivity index is 1.46. The number of carbonyl (C=O) groups is 1. The Hall–Kier alpha value is -3.29. The third-order valence-electron chi connectivity index (χ3n) is 6.93. The van der Waals surface area contributed by atoms with Gasteiger partial charge in [0, 0.05) is 43.6 Å². The molecule has 1 aromatic carbocycles. The van der Waals surface area contributed by atoms with Crippen LogP contribution in [0.3, 0.4) is 0 Å². The Morgan fingerprint density at radius 1 is 1.12 bits per heavy atom. The van der Waals surface area contributed by atoms with E-state index in [1.165, 1.54) is 17.7 Å². The van der Waals surface area contributed by atoms with Gasteiger partial charge in [0.15, 0.2) is 5.82 Å². The number of rotatable bonds is 4. The highest BCUT2D eigenvalue weighted by atomic mass is 19.1. The molecule has 0 radical (unpaired) electrons. The average Bonchev–Trinajstić information content (AvgIpc) is 3.43. The first-order valence-corrected chi connectivity index (χ1v) is 11.6. The quantitative estimate of drug-likeness (QED) is 0.606. The Labute approximate surface area is 193 Å². The highest BCUT2D eigenvalue weighted by Gasteiger charge is 2.35. The van der Waals surface area contributed by atoms with Crippen LogP contribution in [-0.2, 0) is 20.0 Å². The van der Waals surface area contributed by atoms with Gasteiger partial charge in [-0.1, -0.05) is 12.1 Å². The maximum Gasteiger partial charge on any atom is 0.257 e. The number of hydrogen-bond donors (Lipinski definition) is 0. The van der Waals surface area contributed by atoms with Crippen LogP contribution in [0.15, 0.2) is 30.5 Å². The number of fused-ring (bicyclic) bond motifs is 1. The molecule has 2 aliphatic heterocycles. The SMILES string of the molecule is Cc1nc([C@H]2CCCN2C(=O)c2cnn(C)c2C)nc2c1CCCN2Cc1ccc(F)cc1. The Kier molecular flexibility index (Phi) is 5.60. The van der Waals surface area contributed by atoms with Crippen LogP contribution in [0, 0.1) is 19.7 Å². The normalized spacial score (nSPS) is 18.0. The van der Waals surface area contributed by atoms with Gasteiger partial charge in [0.25, 0.3) is 5.91 Å². The van der Waals surface area contributed by atoms with Crippen molar-refractivity contribution in [1.29, 1.82) is 0 Å². The summed E-state index contributed by atoms with van der Waals surface area (Å²) in [6.45, 7) is 6.21. The zero-order valence-corrected chi connectivity index (χ0v) is 19.4. The number of aromatic nitrogens is 4. The van der Waals surface area contributed by atoms with E-state index in [-0.39, 0.29) is 17.8 Å². The number of aryl methyl sites for hydroxylation is 2. The fourth-order valence-corrected chi connectivity index (χ4v) is 4.96. The molecule has 0 saturated carbocycles. The first kappa shape index (κ1) is 21.6. The van der Waals surface area contributed by atoms with E-state index >= 15 is 0 Å². The topological polar surface area (TPSA) is 67.2 Å². The lowest BCUT2D eigenvalue weighted by molar-refractivity contribution is 0.0728. The number of anilines is 1. The molecule has 0 aliphatic carbocycles. The lowest BCUT2D eigenvalue weighted by atomic mass is 10.0. The maximum atomic E-state index is 13.4. The van der Waals surface area contributed by atoms with E-state index in [2.05, 4.69) is 10.00 Å². The van der Waals surface area contributed by atoms with E-state index in [0.717, 1.165) is 55.0 Å². The van der Waals surface area contributed by atoms with E-state index < -0.39 is 0 Å². The molecule has 2 aromatic heterocycles. The van der Waals surface area contributed by atoms with Gasteiger partial charge < -0.3 is 9.80 Å². The minimum atomic E-state index is -0.229. The first-order chi connectivity index (χ1) is 15.9. The minimum absolute atomic E-state index is 0.00904. The first-order valence-electron chi connectivity index (χ1n) is 11.6. The number of benzene rings is 1. The van der Waals surface area contributed by atoms with Crippen LogP contribution in [0.25, 0.3) is 0 Å². The van der Waals surface area contributed by atoms with E-state index in [9.17, 15) is 9.18 Å². The fraction of sp³-hybridized carbons (Fsp3) is 0.440. The van der Waals surface area contributed by atoms with Gasteiger partial charge in [0.1, 0.15) is 11.6 Å². The van der Waals surface area contributed by atoms with Crippen molar-refractivity contribution in [2.24, 2.45) is 7.05 Å². The van der Waals surface area contributed by atoms with Crippen LogP contribution in [0.2, 0.25) is 0 Å². The molecule has 0 spiro atoms. The second kappa shape index (κ2) is 8.57. The third-order valence-corrected chi connectivity index (χ3v) is 6.93. The molecule has 0 bridgehead atoms. The van der Waals surface area contributed by atoms with Crippen molar-refractivity contribution >= 4 is 11.7 Å². The maximum absolute atomic E-state index is 13.4. The molecule has 3 aromatic rings. The number of halogens is 1. The highest BCUT2D eigenvalue weighted by Crippen LogP contribution is 2.35. The number of hydrogen-bond acceptors (Lipinski definition) is 5. The van der Waals surface area contributed by atoms with E-state index in [1.54, 1.807) is 10.9 Å². The van der Waals surface area contributed by atoms with Gasteiger partial charge in [-0.2, -0.15) is 5.10 Å². The largest absolute Gasteiger partial charge is 0.352 e. The number of amides is 1. The molecular formula is C25H29FN6O. The summed E-state index contributed by atoms with van der Waals surface area (Å²) in [7, 11) is 1.85. The van der Waals surface area contributed by atoms with Gasteiger partial charge in [0.05, 0.1) is 17.8 Å². The van der Waals surface area contributed by atoms with Crippen molar-refractivity contribution in [1.82, 2.24) is 24.6 Å². The van der Waals surface area contributed by atoms with Crippen molar-refractivity contribution in [2.45, 2.75) is 52.1 Å².